The summed E-state index contributed by atoms with van der Waals surface area (Å²) in [5, 5.41) is 2.88. The molecule has 7 heteroatoms. The fourth-order valence-electron chi connectivity index (χ4n) is 3.56. The molecule has 1 heterocycles. The molecule has 3 rings (SSSR count). The lowest BCUT2D eigenvalue weighted by Crippen LogP contribution is -2.35. The molecule has 1 aliphatic rings. The van der Waals surface area contributed by atoms with E-state index in [0.29, 0.717) is 51.9 Å². The number of amides is 3. The number of hydrogen-bond acceptors (Lipinski definition) is 4. The van der Waals surface area contributed by atoms with E-state index in [9.17, 15) is 14.4 Å². The minimum Gasteiger partial charge on any atom is -0.489 e. The molecule has 2 aromatic rings. The molecule has 3 amide bonds. The number of primary amides is 1. The van der Waals surface area contributed by atoms with Gasteiger partial charge in [0.2, 0.25) is 17.7 Å². The number of benzene rings is 2. The van der Waals surface area contributed by atoms with Gasteiger partial charge in [0.05, 0.1) is 0 Å². The Labute approximate surface area is 182 Å². The number of nitrogens with zero attached hydrogens (tertiary/aromatic N) is 1. The third kappa shape index (κ3) is 6.84. The van der Waals surface area contributed by atoms with Crippen molar-refractivity contribution < 1.29 is 19.1 Å². The first-order valence-corrected chi connectivity index (χ1v) is 10.6. The Morgan fingerprint density at radius 1 is 1.06 bits per heavy atom. The molecule has 3 N–H and O–H groups in total. The molecule has 1 aliphatic heterocycles. The highest BCUT2D eigenvalue weighted by Crippen LogP contribution is 2.18. The normalized spacial score (nSPS) is 15.7. The predicted octanol–water partition coefficient (Wildman–Crippen LogP) is 2.04. The van der Waals surface area contributed by atoms with Crippen LogP contribution in [0.3, 0.4) is 0 Å². The van der Waals surface area contributed by atoms with E-state index < -0.39 is 11.8 Å². The van der Waals surface area contributed by atoms with Crippen molar-refractivity contribution in [3.8, 4) is 5.75 Å². The van der Waals surface area contributed by atoms with E-state index in [0.717, 1.165) is 16.9 Å². The first-order chi connectivity index (χ1) is 15.0. The molecular weight excluding hydrogens is 394 g/mol. The minimum atomic E-state index is -0.690. The highest BCUT2D eigenvalue weighted by molar-refractivity contribution is 6.00. The van der Waals surface area contributed by atoms with Gasteiger partial charge in [0.1, 0.15) is 18.3 Å². The van der Waals surface area contributed by atoms with E-state index in [1.165, 1.54) is 0 Å². The lowest BCUT2D eigenvalue weighted by atomic mass is 10.1. The summed E-state index contributed by atoms with van der Waals surface area (Å²) >= 11 is 0. The maximum Gasteiger partial charge on any atom is 0.235 e. The van der Waals surface area contributed by atoms with Crippen molar-refractivity contribution in [2.45, 2.75) is 32.3 Å². The van der Waals surface area contributed by atoms with Gasteiger partial charge in [-0.15, -0.1) is 0 Å². The van der Waals surface area contributed by atoms with E-state index in [1.807, 2.05) is 54.6 Å². The number of likely N-dealkylation sites (tertiary alicyclic amines) is 1. The molecule has 1 unspecified atom stereocenters. The molecular formula is C24H29N3O4. The molecule has 0 spiro atoms. The molecule has 1 saturated heterocycles. The third-order valence-corrected chi connectivity index (χ3v) is 5.38. The number of hydrogen-bond donors (Lipinski definition) is 2. The summed E-state index contributed by atoms with van der Waals surface area (Å²) in [5.41, 5.74) is 7.41. The van der Waals surface area contributed by atoms with Crippen molar-refractivity contribution in [3.63, 3.8) is 0 Å². The minimum absolute atomic E-state index is 0.0211. The summed E-state index contributed by atoms with van der Waals surface area (Å²) in [5.74, 6) is -0.671. The summed E-state index contributed by atoms with van der Waals surface area (Å²) < 4.78 is 5.77. The summed E-state index contributed by atoms with van der Waals surface area (Å²) in [4.78, 5) is 36.9. The number of nitrogens with two attached hydrogens (primary N) is 1. The van der Waals surface area contributed by atoms with Crippen LogP contribution in [0, 0.1) is 5.92 Å². The molecule has 7 nitrogen and oxygen atoms in total. The molecule has 164 valence electrons. The molecule has 0 radical (unpaired) electrons. The SMILES string of the molecule is NC(=O)C1CCN(CCCNC(=O)CCc2ccc(OCc3ccccc3)cc2)C1=O. The zero-order valence-electron chi connectivity index (χ0n) is 17.6. The van der Waals surface area contributed by atoms with Gasteiger partial charge in [-0.05, 0) is 42.5 Å². The van der Waals surface area contributed by atoms with E-state index >= 15 is 0 Å². The lowest BCUT2D eigenvalue weighted by Gasteiger charge is -2.16. The Morgan fingerprint density at radius 3 is 2.48 bits per heavy atom. The molecule has 0 aliphatic carbocycles. The maximum absolute atomic E-state index is 12.1. The fourth-order valence-corrected chi connectivity index (χ4v) is 3.56. The van der Waals surface area contributed by atoms with E-state index in [4.69, 9.17) is 10.5 Å². The largest absolute Gasteiger partial charge is 0.489 e. The number of carbonyl (C=O) groups is 3. The third-order valence-electron chi connectivity index (χ3n) is 5.38. The van der Waals surface area contributed by atoms with Crippen molar-refractivity contribution >= 4 is 17.7 Å². The standard InChI is InChI=1S/C24H29N3O4/c25-23(29)21-13-16-27(24(21)30)15-4-14-26-22(28)12-9-18-7-10-20(11-8-18)31-17-19-5-2-1-3-6-19/h1-3,5-8,10-11,21H,4,9,12-17H2,(H2,25,29)(H,26,28). The van der Waals surface area contributed by atoms with Crippen LogP contribution in [0.15, 0.2) is 54.6 Å². The Morgan fingerprint density at radius 2 is 1.81 bits per heavy atom. The predicted molar refractivity (Wildman–Crippen MR) is 117 cm³/mol. The number of rotatable bonds is 11. The molecule has 1 atom stereocenters. The number of aryl methyl sites for hydroxylation is 1. The average molecular weight is 424 g/mol. The smallest absolute Gasteiger partial charge is 0.235 e. The van der Waals surface area contributed by atoms with Gasteiger partial charge in [-0.2, -0.15) is 0 Å². The number of ether oxygens (including phenoxy) is 1. The van der Waals surface area contributed by atoms with Crippen molar-refractivity contribution in [1.82, 2.24) is 10.2 Å². The van der Waals surface area contributed by atoms with E-state index in [-0.39, 0.29) is 11.8 Å². The second-order valence-corrected chi connectivity index (χ2v) is 7.69. The van der Waals surface area contributed by atoms with Gasteiger partial charge in [0.25, 0.3) is 0 Å². The van der Waals surface area contributed by atoms with Crippen LogP contribution in [-0.4, -0.2) is 42.3 Å². The summed E-state index contributed by atoms with van der Waals surface area (Å²) in [7, 11) is 0. The van der Waals surface area contributed by atoms with E-state index in [2.05, 4.69) is 5.32 Å². The first kappa shape index (κ1) is 22.3. The second-order valence-electron chi connectivity index (χ2n) is 7.69. The van der Waals surface area contributed by atoms with Crippen LogP contribution in [-0.2, 0) is 27.4 Å². The van der Waals surface area contributed by atoms with Gasteiger partial charge < -0.3 is 20.7 Å². The fraction of sp³-hybridized carbons (Fsp3) is 0.375. The Balaban J connectivity index is 1.30. The quantitative estimate of drug-likeness (QED) is 0.426. The van der Waals surface area contributed by atoms with Gasteiger partial charge in [0.15, 0.2) is 0 Å². The van der Waals surface area contributed by atoms with Crippen LogP contribution < -0.4 is 15.8 Å². The zero-order chi connectivity index (χ0) is 22.1. The number of carbonyl (C=O) groups excluding carboxylic acids is 3. The van der Waals surface area contributed by atoms with Crippen molar-refractivity contribution in [2.24, 2.45) is 11.7 Å². The van der Waals surface area contributed by atoms with Gasteiger partial charge in [-0.25, -0.2) is 0 Å². The molecule has 0 aromatic heterocycles. The van der Waals surface area contributed by atoms with Crippen LogP contribution in [0.5, 0.6) is 5.75 Å². The summed E-state index contributed by atoms with van der Waals surface area (Å²) in [6.45, 7) is 2.09. The van der Waals surface area contributed by atoms with Gasteiger partial charge in [0, 0.05) is 26.1 Å². The Bertz CT molecular complexity index is 883. The van der Waals surface area contributed by atoms with Crippen LogP contribution in [0.1, 0.15) is 30.4 Å². The van der Waals surface area contributed by atoms with Crippen molar-refractivity contribution in [1.29, 1.82) is 0 Å². The van der Waals surface area contributed by atoms with Gasteiger partial charge >= 0.3 is 0 Å². The lowest BCUT2D eigenvalue weighted by molar-refractivity contribution is -0.136. The van der Waals surface area contributed by atoms with E-state index in [1.54, 1.807) is 4.90 Å². The van der Waals surface area contributed by atoms with Gasteiger partial charge in [-0.1, -0.05) is 42.5 Å². The van der Waals surface area contributed by atoms with Crippen molar-refractivity contribution in [3.05, 3.63) is 65.7 Å². The topological polar surface area (TPSA) is 102 Å². The summed E-state index contributed by atoms with van der Waals surface area (Å²) in [6, 6.07) is 17.8. The monoisotopic (exact) mass is 423 g/mol. The molecule has 1 fully saturated rings. The van der Waals surface area contributed by atoms with Crippen LogP contribution in [0.4, 0.5) is 0 Å². The van der Waals surface area contributed by atoms with Crippen molar-refractivity contribution in [2.75, 3.05) is 19.6 Å². The van der Waals surface area contributed by atoms with Crippen LogP contribution >= 0.6 is 0 Å². The molecule has 2 aromatic carbocycles. The van der Waals surface area contributed by atoms with Crippen LogP contribution in [0.25, 0.3) is 0 Å². The zero-order valence-corrected chi connectivity index (χ0v) is 17.6. The van der Waals surface area contributed by atoms with Crippen LogP contribution in [0.2, 0.25) is 0 Å². The maximum atomic E-state index is 12.1. The molecule has 0 bridgehead atoms. The average Bonchev–Trinajstić information content (AvgIpc) is 3.16. The first-order valence-electron chi connectivity index (χ1n) is 10.6. The second kappa shape index (κ2) is 11.2. The van der Waals surface area contributed by atoms with Gasteiger partial charge in [-0.3, -0.25) is 14.4 Å². The Kier molecular flexibility index (Phi) is 8.04. The Hall–Kier alpha value is -3.35. The number of nitrogens with one attached hydrogen (secondary N) is 1. The highest BCUT2D eigenvalue weighted by Gasteiger charge is 2.34. The summed E-state index contributed by atoms with van der Waals surface area (Å²) in [6.07, 6.45) is 2.18. The highest BCUT2D eigenvalue weighted by atomic mass is 16.5. The molecule has 0 saturated carbocycles. The molecule has 31 heavy (non-hydrogen) atoms.